The Labute approximate surface area is 147 Å². The molecule has 0 aliphatic carbocycles. The fraction of sp³-hybridized carbons (Fsp3) is 0.611. The van der Waals surface area contributed by atoms with Gasteiger partial charge < -0.3 is 24.2 Å². The second-order valence-electron chi connectivity index (χ2n) is 6.80. The van der Waals surface area contributed by atoms with Crippen molar-refractivity contribution in [2.45, 2.75) is 19.1 Å². The SMILES string of the molecule is Cc1cc2c(cc1C(=O)N1C[C@H](O)[C@@H](N3CCOCC3)C1)OCCO2. The van der Waals surface area contributed by atoms with Gasteiger partial charge in [-0.2, -0.15) is 0 Å². The molecular weight excluding hydrogens is 324 g/mol. The van der Waals surface area contributed by atoms with Gasteiger partial charge in [-0.3, -0.25) is 9.69 Å². The van der Waals surface area contributed by atoms with Crippen LogP contribution >= 0.6 is 0 Å². The van der Waals surface area contributed by atoms with Gasteiger partial charge in [0.2, 0.25) is 0 Å². The number of likely N-dealkylation sites (tertiary alicyclic amines) is 1. The van der Waals surface area contributed by atoms with Gasteiger partial charge in [0.1, 0.15) is 13.2 Å². The van der Waals surface area contributed by atoms with Gasteiger partial charge in [0.15, 0.2) is 11.5 Å². The van der Waals surface area contributed by atoms with E-state index in [1.807, 2.05) is 13.0 Å². The maximum Gasteiger partial charge on any atom is 0.254 e. The summed E-state index contributed by atoms with van der Waals surface area (Å²) in [5, 5.41) is 10.4. The molecule has 1 aromatic rings. The summed E-state index contributed by atoms with van der Waals surface area (Å²) in [6.45, 7) is 6.76. The highest BCUT2D eigenvalue weighted by atomic mass is 16.6. The lowest BCUT2D eigenvalue weighted by atomic mass is 10.1. The molecule has 0 unspecified atom stereocenters. The van der Waals surface area contributed by atoms with E-state index in [1.54, 1.807) is 11.0 Å². The third kappa shape index (κ3) is 3.19. The van der Waals surface area contributed by atoms with Crippen LogP contribution in [-0.4, -0.2) is 85.6 Å². The van der Waals surface area contributed by atoms with Gasteiger partial charge in [0.05, 0.1) is 25.4 Å². The second kappa shape index (κ2) is 6.82. The van der Waals surface area contributed by atoms with Crippen molar-refractivity contribution in [1.29, 1.82) is 0 Å². The summed E-state index contributed by atoms with van der Waals surface area (Å²) in [5.41, 5.74) is 1.47. The minimum Gasteiger partial charge on any atom is -0.486 e. The Balaban J connectivity index is 1.51. The zero-order valence-corrected chi connectivity index (χ0v) is 14.4. The lowest BCUT2D eigenvalue weighted by Crippen LogP contribution is -2.49. The van der Waals surface area contributed by atoms with Crippen LogP contribution in [0.15, 0.2) is 12.1 Å². The maximum atomic E-state index is 13.0. The van der Waals surface area contributed by atoms with Crippen LogP contribution in [0.2, 0.25) is 0 Å². The molecule has 3 aliphatic rings. The molecule has 7 nitrogen and oxygen atoms in total. The van der Waals surface area contributed by atoms with E-state index in [0.29, 0.717) is 56.6 Å². The molecule has 2 atom stereocenters. The Morgan fingerprint density at radius 2 is 1.76 bits per heavy atom. The molecule has 0 spiro atoms. The van der Waals surface area contributed by atoms with Crippen molar-refractivity contribution in [3.8, 4) is 11.5 Å². The molecule has 4 rings (SSSR count). The van der Waals surface area contributed by atoms with E-state index < -0.39 is 6.10 Å². The number of amides is 1. The van der Waals surface area contributed by atoms with Crippen LogP contribution in [0.3, 0.4) is 0 Å². The summed E-state index contributed by atoms with van der Waals surface area (Å²) in [5.74, 6) is 1.24. The molecule has 0 aromatic heterocycles. The van der Waals surface area contributed by atoms with Crippen molar-refractivity contribution in [2.24, 2.45) is 0 Å². The topological polar surface area (TPSA) is 71.5 Å². The van der Waals surface area contributed by atoms with Crippen molar-refractivity contribution in [1.82, 2.24) is 9.80 Å². The van der Waals surface area contributed by atoms with E-state index >= 15 is 0 Å². The number of aliphatic hydroxyl groups is 1. The first-order chi connectivity index (χ1) is 12.1. The van der Waals surface area contributed by atoms with Crippen LogP contribution in [0.25, 0.3) is 0 Å². The molecule has 2 saturated heterocycles. The highest BCUT2D eigenvalue weighted by Crippen LogP contribution is 2.34. The van der Waals surface area contributed by atoms with Crippen LogP contribution in [-0.2, 0) is 4.74 Å². The van der Waals surface area contributed by atoms with Crippen LogP contribution in [0.4, 0.5) is 0 Å². The zero-order valence-electron chi connectivity index (χ0n) is 14.4. The minimum absolute atomic E-state index is 0.0228. The largest absolute Gasteiger partial charge is 0.486 e. The summed E-state index contributed by atoms with van der Waals surface area (Å²) in [6.07, 6.45) is -0.528. The van der Waals surface area contributed by atoms with Crippen molar-refractivity contribution < 1.29 is 24.1 Å². The molecule has 0 saturated carbocycles. The van der Waals surface area contributed by atoms with Gasteiger partial charge in [-0.1, -0.05) is 0 Å². The third-order valence-corrected chi connectivity index (χ3v) is 5.18. The Morgan fingerprint density at radius 1 is 1.08 bits per heavy atom. The van der Waals surface area contributed by atoms with Crippen LogP contribution in [0.1, 0.15) is 15.9 Å². The fourth-order valence-corrected chi connectivity index (χ4v) is 3.79. The summed E-state index contributed by atoms with van der Waals surface area (Å²) in [4.78, 5) is 17.0. The predicted octanol–water partition coefficient (Wildman–Crippen LogP) is 0.284. The Kier molecular flexibility index (Phi) is 4.54. The lowest BCUT2D eigenvalue weighted by molar-refractivity contribution is -0.00611. The smallest absolute Gasteiger partial charge is 0.254 e. The van der Waals surface area contributed by atoms with Crippen molar-refractivity contribution in [2.75, 3.05) is 52.6 Å². The average molecular weight is 348 g/mol. The second-order valence-corrected chi connectivity index (χ2v) is 6.80. The van der Waals surface area contributed by atoms with E-state index in [2.05, 4.69) is 4.90 Å². The number of hydrogen-bond acceptors (Lipinski definition) is 6. The third-order valence-electron chi connectivity index (χ3n) is 5.18. The van der Waals surface area contributed by atoms with Crippen LogP contribution in [0, 0.1) is 6.92 Å². The molecule has 0 bridgehead atoms. The number of carbonyl (C=O) groups excluding carboxylic acids is 1. The molecule has 7 heteroatoms. The first-order valence-corrected chi connectivity index (χ1v) is 8.83. The first-order valence-electron chi connectivity index (χ1n) is 8.83. The molecule has 3 heterocycles. The number of hydrogen-bond donors (Lipinski definition) is 1. The zero-order chi connectivity index (χ0) is 17.4. The van der Waals surface area contributed by atoms with Gasteiger partial charge in [-0.15, -0.1) is 0 Å². The summed E-state index contributed by atoms with van der Waals surface area (Å²) >= 11 is 0. The number of rotatable bonds is 2. The molecule has 1 aromatic carbocycles. The van der Waals surface area contributed by atoms with Crippen molar-refractivity contribution in [3.63, 3.8) is 0 Å². The van der Waals surface area contributed by atoms with Crippen LogP contribution in [0.5, 0.6) is 11.5 Å². The predicted molar refractivity (Wildman–Crippen MR) is 90.3 cm³/mol. The Morgan fingerprint density at radius 3 is 2.48 bits per heavy atom. The van der Waals surface area contributed by atoms with Gasteiger partial charge >= 0.3 is 0 Å². The van der Waals surface area contributed by atoms with E-state index in [-0.39, 0.29) is 11.9 Å². The van der Waals surface area contributed by atoms with Crippen molar-refractivity contribution in [3.05, 3.63) is 23.3 Å². The molecule has 0 radical (unpaired) electrons. The number of benzene rings is 1. The summed E-state index contributed by atoms with van der Waals surface area (Å²) in [6, 6.07) is 3.60. The molecular formula is C18H24N2O5. The molecule has 1 amide bonds. The Bertz CT molecular complexity index is 659. The minimum atomic E-state index is -0.528. The maximum absolute atomic E-state index is 13.0. The van der Waals surface area contributed by atoms with Gasteiger partial charge in [0, 0.05) is 31.7 Å². The fourth-order valence-electron chi connectivity index (χ4n) is 3.79. The summed E-state index contributed by atoms with van der Waals surface area (Å²) < 4.78 is 16.5. The highest BCUT2D eigenvalue weighted by Gasteiger charge is 2.38. The van der Waals surface area contributed by atoms with Crippen LogP contribution < -0.4 is 9.47 Å². The highest BCUT2D eigenvalue weighted by molar-refractivity contribution is 5.96. The van der Waals surface area contributed by atoms with E-state index in [9.17, 15) is 9.90 Å². The molecule has 25 heavy (non-hydrogen) atoms. The molecule has 2 fully saturated rings. The number of morpholine rings is 1. The Hall–Kier alpha value is -1.83. The average Bonchev–Trinajstić information content (AvgIpc) is 3.03. The van der Waals surface area contributed by atoms with Crippen molar-refractivity contribution >= 4 is 5.91 Å². The quantitative estimate of drug-likeness (QED) is 0.828. The lowest BCUT2D eigenvalue weighted by Gasteiger charge is -2.33. The normalized spacial score (nSPS) is 26.7. The molecule has 3 aliphatic heterocycles. The monoisotopic (exact) mass is 348 g/mol. The number of aryl methyl sites for hydroxylation is 1. The van der Waals surface area contributed by atoms with E-state index in [1.165, 1.54) is 0 Å². The number of fused-ring (bicyclic) bond motifs is 1. The number of aliphatic hydroxyl groups excluding tert-OH is 1. The van der Waals surface area contributed by atoms with E-state index in [0.717, 1.165) is 18.7 Å². The summed E-state index contributed by atoms with van der Waals surface area (Å²) in [7, 11) is 0. The van der Waals surface area contributed by atoms with Gasteiger partial charge in [-0.05, 0) is 24.6 Å². The van der Waals surface area contributed by atoms with Gasteiger partial charge in [-0.25, -0.2) is 0 Å². The number of carbonyl (C=O) groups is 1. The standard InChI is InChI=1S/C18H24N2O5/c1-12-8-16-17(25-7-6-24-16)9-13(12)18(22)20-10-14(15(21)11-20)19-2-4-23-5-3-19/h8-9,14-15,21H,2-7,10-11H2,1H3/t14-,15-/m0/s1. The number of nitrogens with zero attached hydrogens (tertiary/aromatic N) is 2. The number of ether oxygens (including phenoxy) is 3. The van der Waals surface area contributed by atoms with E-state index in [4.69, 9.17) is 14.2 Å². The first kappa shape index (κ1) is 16.6. The molecule has 1 N–H and O–H groups in total. The van der Waals surface area contributed by atoms with Gasteiger partial charge in [0.25, 0.3) is 5.91 Å². The number of β-amino-alcohol motifs (C(OH)–C–C–N with tert-alkyl or cyclic N) is 1. The molecule has 136 valence electrons.